The zero-order valence-corrected chi connectivity index (χ0v) is 13.2. The smallest absolute Gasteiger partial charge is 0.134 e. The van der Waals surface area contributed by atoms with Gasteiger partial charge in [0.1, 0.15) is 18.0 Å². The van der Waals surface area contributed by atoms with E-state index in [1.165, 1.54) is 19.3 Å². The molecule has 0 spiro atoms. The Morgan fingerprint density at radius 3 is 2.65 bits per heavy atom. The lowest BCUT2D eigenvalue weighted by molar-refractivity contribution is 0.276. The van der Waals surface area contributed by atoms with Crippen molar-refractivity contribution in [2.45, 2.75) is 59.4 Å². The molecule has 1 saturated carbocycles. The molecule has 4 nitrogen and oxygen atoms in total. The van der Waals surface area contributed by atoms with E-state index < -0.39 is 0 Å². The maximum absolute atomic E-state index is 4.43. The first-order chi connectivity index (χ1) is 9.61. The highest BCUT2D eigenvalue weighted by Crippen LogP contribution is 2.31. The van der Waals surface area contributed by atoms with Crippen LogP contribution < -0.4 is 10.6 Å². The molecule has 1 aromatic rings. The summed E-state index contributed by atoms with van der Waals surface area (Å²) >= 11 is 0. The third-order valence-electron chi connectivity index (χ3n) is 4.38. The van der Waals surface area contributed by atoms with Crippen molar-refractivity contribution < 1.29 is 0 Å². The maximum atomic E-state index is 4.43. The standard InChI is InChI=1S/C16H28N4/c1-5-8-17-15-13(4)16(19-10-18-15)20-14-7-6-11(2)9-12(14)3/h10-12,14H,5-9H2,1-4H3,(H2,17,18,19,20). The minimum Gasteiger partial charge on any atom is -0.370 e. The van der Waals surface area contributed by atoms with Crippen molar-refractivity contribution in [1.82, 2.24) is 9.97 Å². The van der Waals surface area contributed by atoms with Gasteiger partial charge in [0.25, 0.3) is 0 Å². The Morgan fingerprint density at radius 1 is 1.20 bits per heavy atom. The first-order valence-electron chi connectivity index (χ1n) is 7.93. The van der Waals surface area contributed by atoms with Crippen molar-refractivity contribution in [3.8, 4) is 0 Å². The van der Waals surface area contributed by atoms with Crippen molar-refractivity contribution in [2.75, 3.05) is 17.2 Å². The average Bonchev–Trinajstić information content (AvgIpc) is 2.42. The number of nitrogens with one attached hydrogen (secondary N) is 2. The van der Waals surface area contributed by atoms with E-state index in [-0.39, 0.29) is 0 Å². The molecule has 0 radical (unpaired) electrons. The van der Waals surface area contributed by atoms with Crippen LogP contribution in [0.5, 0.6) is 0 Å². The molecule has 3 atom stereocenters. The highest BCUT2D eigenvalue weighted by Gasteiger charge is 2.26. The monoisotopic (exact) mass is 276 g/mol. The van der Waals surface area contributed by atoms with Crippen molar-refractivity contribution in [2.24, 2.45) is 11.8 Å². The van der Waals surface area contributed by atoms with Gasteiger partial charge in [-0.05, 0) is 44.4 Å². The molecule has 1 aliphatic rings. The normalized spacial score (nSPS) is 26.3. The number of rotatable bonds is 5. The first-order valence-corrected chi connectivity index (χ1v) is 7.93. The second kappa shape index (κ2) is 6.91. The summed E-state index contributed by atoms with van der Waals surface area (Å²) in [5.41, 5.74) is 1.13. The highest BCUT2D eigenvalue weighted by atomic mass is 15.1. The second-order valence-electron chi connectivity index (χ2n) is 6.27. The highest BCUT2D eigenvalue weighted by molar-refractivity contribution is 5.56. The minimum atomic E-state index is 0.541. The largest absolute Gasteiger partial charge is 0.370 e. The van der Waals surface area contributed by atoms with E-state index >= 15 is 0 Å². The fourth-order valence-corrected chi connectivity index (χ4v) is 3.07. The van der Waals surface area contributed by atoms with E-state index in [0.29, 0.717) is 12.0 Å². The molecule has 0 bridgehead atoms. The summed E-state index contributed by atoms with van der Waals surface area (Å²) in [4.78, 5) is 8.77. The molecule has 1 heterocycles. The van der Waals surface area contributed by atoms with E-state index in [2.05, 4.69) is 48.3 Å². The lowest BCUT2D eigenvalue weighted by atomic mass is 9.80. The second-order valence-corrected chi connectivity index (χ2v) is 6.27. The molecule has 112 valence electrons. The first kappa shape index (κ1) is 15.1. The predicted octanol–water partition coefficient (Wildman–Crippen LogP) is 3.84. The SMILES string of the molecule is CCCNc1ncnc(NC2CCC(C)CC2C)c1C. The zero-order valence-electron chi connectivity index (χ0n) is 13.2. The van der Waals surface area contributed by atoms with Gasteiger partial charge in [-0.2, -0.15) is 0 Å². The van der Waals surface area contributed by atoms with Gasteiger partial charge < -0.3 is 10.6 Å². The molecule has 0 aliphatic heterocycles. The molecule has 3 unspecified atom stereocenters. The lowest BCUT2D eigenvalue weighted by Crippen LogP contribution is -2.33. The van der Waals surface area contributed by atoms with Gasteiger partial charge in [0.05, 0.1) is 0 Å². The Balaban J connectivity index is 2.05. The van der Waals surface area contributed by atoms with Crippen LogP contribution in [0.3, 0.4) is 0 Å². The van der Waals surface area contributed by atoms with Crippen molar-refractivity contribution in [3.05, 3.63) is 11.9 Å². The number of hydrogen-bond acceptors (Lipinski definition) is 4. The summed E-state index contributed by atoms with van der Waals surface area (Å²) in [6, 6.07) is 0.541. The van der Waals surface area contributed by atoms with Crippen LogP contribution >= 0.6 is 0 Å². The zero-order chi connectivity index (χ0) is 14.5. The van der Waals surface area contributed by atoms with Crippen LogP contribution in [-0.4, -0.2) is 22.6 Å². The van der Waals surface area contributed by atoms with E-state index in [9.17, 15) is 0 Å². The van der Waals surface area contributed by atoms with E-state index in [1.807, 2.05) is 0 Å². The fraction of sp³-hybridized carbons (Fsp3) is 0.750. The summed E-state index contributed by atoms with van der Waals surface area (Å²) < 4.78 is 0. The quantitative estimate of drug-likeness (QED) is 0.858. The van der Waals surface area contributed by atoms with Crippen LogP contribution in [0.2, 0.25) is 0 Å². The topological polar surface area (TPSA) is 49.8 Å². The molecular weight excluding hydrogens is 248 g/mol. The van der Waals surface area contributed by atoms with Crippen LogP contribution in [0, 0.1) is 18.8 Å². The van der Waals surface area contributed by atoms with Crippen LogP contribution in [0.25, 0.3) is 0 Å². The number of anilines is 2. The molecule has 0 aromatic carbocycles. The van der Waals surface area contributed by atoms with Gasteiger partial charge in [0.15, 0.2) is 0 Å². The van der Waals surface area contributed by atoms with Gasteiger partial charge in [-0.3, -0.25) is 0 Å². The van der Waals surface area contributed by atoms with Gasteiger partial charge in [-0.25, -0.2) is 9.97 Å². The average molecular weight is 276 g/mol. The van der Waals surface area contributed by atoms with Crippen LogP contribution in [0.1, 0.15) is 52.0 Å². The molecule has 0 saturated heterocycles. The molecule has 1 aromatic heterocycles. The Bertz CT molecular complexity index is 432. The van der Waals surface area contributed by atoms with Crippen molar-refractivity contribution in [3.63, 3.8) is 0 Å². The van der Waals surface area contributed by atoms with Crippen molar-refractivity contribution >= 4 is 11.6 Å². The number of hydrogen-bond donors (Lipinski definition) is 2. The van der Waals surface area contributed by atoms with E-state index in [4.69, 9.17) is 0 Å². The van der Waals surface area contributed by atoms with Crippen LogP contribution in [0.15, 0.2) is 6.33 Å². The maximum Gasteiger partial charge on any atom is 0.134 e. The summed E-state index contributed by atoms with van der Waals surface area (Å²) in [7, 11) is 0. The van der Waals surface area contributed by atoms with Gasteiger partial charge in [-0.15, -0.1) is 0 Å². The molecule has 0 amide bonds. The minimum absolute atomic E-state index is 0.541. The van der Waals surface area contributed by atoms with Crippen LogP contribution in [0.4, 0.5) is 11.6 Å². The summed E-state index contributed by atoms with van der Waals surface area (Å²) in [5.74, 6) is 3.52. The van der Waals surface area contributed by atoms with Gasteiger partial charge in [0, 0.05) is 18.2 Å². The number of nitrogens with zero attached hydrogens (tertiary/aromatic N) is 2. The van der Waals surface area contributed by atoms with Gasteiger partial charge in [0.2, 0.25) is 0 Å². The summed E-state index contributed by atoms with van der Waals surface area (Å²) in [5, 5.41) is 7.01. The lowest BCUT2D eigenvalue weighted by Gasteiger charge is -2.33. The fourth-order valence-electron chi connectivity index (χ4n) is 3.07. The molecule has 2 rings (SSSR count). The van der Waals surface area contributed by atoms with Crippen LogP contribution in [-0.2, 0) is 0 Å². The third-order valence-corrected chi connectivity index (χ3v) is 4.38. The molecule has 20 heavy (non-hydrogen) atoms. The molecule has 4 heteroatoms. The Kier molecular flexibility index (Phi) is 5.21. The molecule has 1 aliphatic carbocycles. The summed E-state index contributed by atoms with van der Waals surface area (Å²) in [6.07, 6.45) is 6.62. The van der Waals surface area contributed by atoms with Crippen molar-refractivity contribution in [1.29, 1.82) is 0 Å². The Morgan fingerprint density at radius 2 is 1.95 bits per heavy atom. The Hall–Kier alpha value is -1.32. The molecule has 1 fully saturated rings. The third kappa shape index (κ3) is 3.62. The molecular formula is C16H28N4. The Labute approximate surface area is 122 Å². The van der Waals surface area contributed by atoms with Gasteiger partial charge >= 0.3 is 0 Å². The number of aromatic nitrogens is 2. The van der Waals surface area contributed by atoms with Gasteiger partial charge in [-0.1, -0.05) is 20.8 Å². The van der Waals surface area contributed by atoms with E-state index in [0.717, 1.165) is 36.1 Å². The molecule has 2 N–H and O–H groups in total. The predicted molar refractivity (Wildman–Crippen MR) is 85.1 cm³/mol. The summed E-state index contributed by atoms with van der Waals surface area (Å²) in [6.45, 7) is 9.91. The van der Waals surface area contributed by atoms with E-state index in [1.54, 1.807) is 6.33 Å².